The molecule has 0 unspecified atom stereocenters. The Morgan fingerprint density at radius 3 is 1.78 bits per heavy atom. The second-order valence-corrected chi connectivity index (χ2v) is 16.8. The molecule has 0 saturated heterocycles. The molecule has 0 saturated carbocycles. The maximum atomic E-state index is 6.62. The van der Waals surface area contributed by atoms with Crippen molar-refractivity contribution in [1.82, 2.24) is 0 Å². The summed E-state index contributed by atoms with van der Waals surface area (Å²) in [4.78, 5) is 2.49. The van der Waals surface area contributed by atoms with E-state index in [-0.39, 0.29) is 5.41 Å². The van der Waals surface area contributed by atoms with Crippen LogP contribution in [0.2, 0.25) is 0 Å². The molecule has 1 aliphatic heterocycles. The monoisotopic (exact) mass is 771 g/mol. The molecule has 0 bridgehead atoms. The molecule has 2 nitrogen and oxygen atoms in total. The van der Waals surface area contributed by atoms with Crippen LogP contribution in [0.3, 0.4) is 0 Å². The maximum absolute atomic E-state index is 6.62. The minimum absolute atomic E-state index is 0.0784. The molecule has 0 radical (unpaired) electrons. The van der Waals surface area contributed by atoms with Gasteiger partial charge >= 0.3 is 0 Å². The molecule has 2 heteroatoms. The minimum atomic E-state index is -0.653. The van der Waals surface area contributed by atoms with Crippen LogP contribution in [0.4, 0.5) is 11.4 Å². The average Bonchev–Trinajstić information content (AvgIpc) is 3.72. The number of benzene rings is 7. The summed E-state index contributed by atoms with van der Waals surface area (Å²) in [6.45, 7) is 9.23. The topological polar surface area (TPSA) is 12.5 Å². The predicted octanol–water partition coefficient (Wildman–Crippen LogP) is 14.8. The summed E-state index contributed by atoms with van der Waals surface area (Å²) in [5.74, 6) is 0.829. The van der Waals surface area contributed by atoms with Crippen molar-refractivity contribution in [3.05, 3.63) is 257 Å². The van der Waals surface area contributed by atoms with Gasteiger partial charge in [0.05, 0.1) is 11.7 Å². The summed E-state index contributed by atoms with van der Waals surface area (Å²) in [7, 11) is 0. The molecule has 3 aliphatic carbocycles. The highest BCUT2D eigenvalue weighted by Gasteiger charge is 2.48. The Balaban J connectivity index is 1.10. The zero-order valence-corrected chi connectivity index (χ0v) is 34.0. The van der Waals surface area contributed by atoms with Gasteiger partial charge in [-0.2, -0.15) is 0 Å². The van der Waals surface area contributed by atoms with E-state index in [1.807, 2.05) is 12.2 Å². The van der Waals surface area contributed by atoms with Crippen LogP contribution in [0.15, 0.2) is 218 Å². The van der Waals surface area contributed by atoms with Gasteiger partial charge in [0.15, 0.2) is 0 Å². The Labute approximate surface area is 353 Å². The van der Waals surface area contributed by atoms with Crippen LogP contribution in [-0.2, 0) is 10.8 Å². The van der Waals surface area contributed by atoms with Crippen molar-refractivity contribution in [2.45, 2.75) is 37.5 Å². The van der Waals surface area contributed by atoms with Crippen LogP contribution in [0.1, 0.15) is 65.6 Å². The van der Waals surface area contributed by atoms with E-state index in [2.05, 4.69) is 207 Å². The molecule has 60 heavy (non-hydrogen) atoms. The summed E-state index contributed by atoms with van der Waals surface area (Å²) < 4.78 is 6.62. The van der Waals surface area contributed by atoms with Gasteiger partial charge in [-0.1, -0.05) is 178 Å². The molecule has 4 aliphatic rings. The summed E-state index contributed by atoms with van der Waals surface area (Å²) in [6, 6.07) is 62.4. The van der Waals surface area contributed by atoms with Crippen molar-refractivity contribution in [2.24, 2.45) is 0 Å². The van der Waals surface area contributed by atoms with Gasteiger partial charge in [0.2, 0.25) is 0 Å². The molecule has 0 N–H and O–H groups in total. The first kappa shape index (κ1) is 36.0. The van der Waals surface area contributed by atoms with Gasteiger partial charge in [0, 0.05) is 33.6 Å². The Bertz CT molecular complexity index is 2930. The lowest BCUT2D eigenvalue weighted by Crippen LogP contribution is -2.29. The molecule has 0 atom stereocenters. The fraction of sp³-hybridized carbons (Fsp3) is 0.103. The van der Waals surface area contributed by atoms with Gasteiger partial charge < -0.3 is 9.64 Å². The van der Waals surface area contributed by atoms with Crippen molar-refractivity contribution in [3.63, 3.8) is 0 Å². The third-order valence-corrected chi connectivity index (χ3v) is 13.3. The van der Waals surface area contributed by atoms with Gasteiger partial charge in [-0.15, -0.1) is 0 Å². The largest absolute Gasteiger partial charge is 0.464 e. The standard InChI is InChI=1S/C58H45NO/c1-39-16-13-14-37-60-56-46(39)22-15-26-54(56)58(52-24-11-8-20-48(52)49-21-9-12-25-53(49)58)42-29-33-44(34-30-42)59(43-31-27-41(28-32-43)40-17-5-4-6-18-40)45-35-36-50-47-19-7-10-23-51(47)57(2,3)55(50)38-45/h4-34,37-38H,1,35-36H2,2-3H3/b16-13-,37-14-. The number of ether oxygens (including phenoxy) is 1. The minimum Gasteiger partial charge on any atom is -0.464 e. The predicted molar refractivity (Wildman–Crippen MR) is 249 cm³/mol. The number of para-hydroxylation sites is 1. The Kier molecular flexibility index (Phi) is 8.39. The molecular weight excluding hydrogens is 727 g/mol. The maximum Gasteiger partial charge on any atom is 0.139 e. The molecule has 0 spiro atoms. The van der Waals surface area contributed by atoms with E-state index in [1.165, 1.54) is 66.9 Å². The number of fused-ring (bicyclic) bond motifs is 6. The van der Waals surface area contributed by atoms with Crippen LogP contribution < -0.4 is 9.64 Å². The number of nitrogens with zero attached hydrogens (tertiary/aromatic N) is 1. The molecule has 7 aromatic carbocycles. The molecule has 288 valence electrons. The SMILES string of the molecule is C=C1/C=C\C=C/Oc2c1cccc2C1(c2ccc(N(C3=CC4=C(CC3)c3ccccc3C4(C)C)c3ccc(-c4ccccc4)cc3)cc2)c2ccccc2-c2ccccc21. The number of allylic oxidation sites excluding steroid dienone is 8. The molecule has 0 fully saturated rings. The van der Waals surface area contributed by atoms with E-state index in [0.29, 0.717) is 0 Å². The summed E-state index contributed by atoms with van der Waals surface area (Å²) in [5.41, 5.74) is 20.2. The number of hydrogen-bond donors (Lipinski definition) is 0. The third-order valence-electron chi connectivity index (χ3n) is 13.3. The fourth-order valence-corrected chi connectivity index (χ4v) is 10.6. The molecule has 1 heterocycles. The molecule has 0 aromatic heterocycles. The number of hydrogen-bond acceptors (Lipinski definition) is 2. The first-order valence-electron chi connectivity index (χ1n) is 21.1. The van der Waals surface area contributed by atoms with E-state index >= 15 is 0 Å². The molecule has 11 rings (SSSR count). The van der Waals surface area contributed by atoms with Crippen LogP contribution >= 0.6 is 0 Å². The number of rotatable bonds is 6. The molecule has 7 aromatic rings. The summed E-state index contributed by atoms with van der Waals surface area (Å²) >= 11 is 0. The van der Waals surface area contributed by atoms with Crippen molar-refractivity contribution < 1.29 is 4.74 Å². The van der Waals surface area contributed by atoms with Crippen LogP contribution in [-0.4, -0.2) is 0 Å². The Hall–Kier alpha value is -7.16. The van der Waals surface area contributed by atoms with E-state index in [1.54, 1.807) is 6.26 Å². The van der Waals surface area contributed by atoms with Crippen molar-refractivity contribution >= 4 is 22.5 Å². The average molecular weight is 772 g/mol. The van der Waals surface area contributed by atoms with Crippen LogP contribution in [0.25, 0.3) is 33.4 Å². The second kappa shape index (κ2) is 14.0. The van der Waals surface area contributed by atoms with Gasteiger partial charge in [0.1, 0.15) is 5.75 Å². The van der Waals surface area contributed by atoms with Gasteiger partial charge in [0.25, 0.3) is 0 Å². The third kappa shape index (κ3) is 5.41. The van der Waals surface area contributed by atoms with Crippen LogP contribution in [0.5, 0.6) is 5.75 Å². The zero-order chi connectivity index (χ0) is 40.4. The lowest BCUT2D eigenvalue weighted by molar-refractivity contribution is 0.466. The van der Waals surface area contributed by atoms with Gasteiger partial charge in [-0.05, 0) is 116 Å². The highest BCUT2D eigenvalue weighted by atomic mass is 16.5. The van der Waals surface area contributed by atoms with E-state index in [9.17, 15) is 0 Å². The zero-order valence-electron chi connectivity index (χ0n) is 34.0. The molecule has 0 amide bonds. The summed E-state index contributed by atoms with van der Waals surface area (Å²) in [6.07, 6.45) is 12.2. The Morgan fingerprint density at radius 2 is 1.08 bits per heavy atom. The van der Waals surface area contributed by atoms with Gasteiger partial charge in [-0.3, -0.25) is 0 Å². The quantitative estimate of drug-likeness (QED) is 0.167. The van der Waals surface area contributed by atoms with E-state index in [4.69, 9.17) is 4.74 Å². The van der Waals surface area contributed by atoms with Crippen molar-refractivity contribution in [1.29, 1.82) is 0 Å². The first-order chi connectivity index (χ1) is 29.4. The fourth-order valence-electron chi connectivity index (χ4n) is 10.6. The van der Waals surface area contributed by atoms with Crippen molar-refractivity contribution in [3.8, 4) is 28.0 Å². The lowest BCUT2D eigenvalue weighted by Gasteiger charge is -2.36. The number of anilines is 2. The Morgan fingerprint density at radius 1 is 0.517 bits per heavy atom. The first-order valence-corrected chi connectivity index (χ1v) is 21.1. The summed E-state index contributed by atoms with van der Waals surface area (Å²) in [5, 5.41) is 0. The molecular formula is C58H45NO. The van der Waals surface area contributed by atoms with Crippen molar-refractivity contribution in [2.75, 3.05) is 4.90 Å². The smallest absolute Gasteiger partial charge is 0.139 e. The highest BCUT2D eigenvalue weighted by molar-refractivity contribution is 5.90. The van der Waals surface area contributed by atoms with Crippen LogP contribution in [0, 0.1) is 0 Å². The second-order valence-electron chi connectivity index (χ2n) is 16.8. The van der Waals surface area contributed by atoms with Gasteiger partial charge in [-0.25, -0.2) is 0 Å². The highest BCUT2D eigenvalue weighted by Crippen LogP contribution is 2.59. The lowest BCUT2D eigenvalue weighted by atomic mass is 9.67. The normalized spacial score (nSPS) is 17.4. The van der Waals surface area contributed by atoms with E-state index < -0.39 is 5.41 Å². The van der Waals surface area contributed by atoms with E-state index in [0.717, 1.165) is 46.7 Å².